The van der Waals surface area contributed by atoms with Crippen LogP contribution in [0.2, 0.25) is 0 Å². The third-order valence-corrected chi connectivity index (χ3v) is 4.05. The summed E-state index contributed by atoms with van der Waals surface area (Å²) in [6.07, 6.45) is 4.71. The van der Waals surface area contributed by atoms with Crippen molar-refractivity contribution >= 4 is 52.2 Å². The lowest BCUT2D eigenvalue weighted by Crippen LogP contribution is -2.34. The van der Waals surface area contributed by atoms with Crippen LogP contribution >= 0.6 is 23.6 Å². The van der Waals surface area contributed by atoms with Gasteiger partial charge in [-0.15, -0.1) is 17.9 Å². The van der Waals surface area contributed by atoms with Crippen molar-refractivity contribution in [3.63, 3.8) is 0 Å². The molecule has 0 atom stereocenters. The molecule has 0 spiro atoms. The van der Waals surface area contributed by atoms with Gasteiger partial charge in [0.15, 0.2) is 5.11 Å². The number of carbonyl (C=O) groups excluding carboxylic acids is 2. The van der Waals surface area contributed by atoms with Crippen molar-refractivity contribution in [2.45, 2.75) is 0 Å². The summed E-state index contributed by atoms with van der Waals surface area (Å²) in [6, 6.07) is 10.7. The predicted molar refractivity (Wildman–Crippen MR) is 107 cm³/mol. The molecule has 5 nitrogen and oxygen atoms in total. The molecule has 1 heterocycles. The molecule has 0 fully saturated rings. The molecule has 0 aliphatic heterocycles. The van der Waals surface area contributed by atoms with Gasteiger partial charge in [0.05, 0.1) is 11.3 Å². The van der Waals surface area contributed by atoms with Crippen molar-refractivity contribution in [1.82, 2.24) is 10.6 Å². The number of para-hydroxylation sites is 1. The number of anilines is 1. The molecule has 0 aliphatic rings. The van der Waals surface area contributed by atoms with Crippen molar-refractivity contribution in [3.05, 3.63) is 70.9 Å². The first-order chi connectivity index (χ1) is 12.1. The zero-order valence-electron chi connectivity index (χ0n) is 13.3. The molecular formula is C18H17N3O2S2. The van der Waals surface area contributed by atoms with Gasteiger partial charge in [-0.2, -0.15) is 0 Å². The molecule has 0 aliphatic carbocycles. The summed E-state index contributed by atoms with van der Waals surface area (Å²) in [5.74, 6) is -0.603. The summed E-state index contributed by atoms with van der Waals surface area (Å²) in [4.78, 5) is 25.0. The minimum Gasteiger partial charge on any atom is -0.349 e. The molecule has 3 N–H and O–H groups in total. The second-order valence-electron chi connectivity index (χ2n) is 4.84. The van der Waals surface area contributed by atoms with Crippen molar-refractivity contribution in [2.75, 3.05) is 11.9 Å². The van der Waals surface area contributed by atoms with Crippen molar-refractivity contribution in [2.24, 2.45) is 0 Å². The second-order valence-corrected chi connectivity index (χ2v) is 6.22. The van der Waals surface area contributed by atoms with Crippen LogP contribution in [0.15, 0.2) is 60.5 Å². The van der Waals surface area contributed by atoms with Crippen LogP contribution in [0.3, 0.4) is 0 Å². The van der Waals surface area contributed by atoms with Crippen LogP contribution in [0, 0.1) is 0 Å². The molecule has 0 saturated heterocycles. The van der Waals surface area contributed by atoms with Crippen molar-refractivity contribution in [1.29, 1.82) is 0 Å². The second kappa shape index (κ2) is 9.51. The average molecular weight is 371 g/mol. The van der Waals surface area contributed by atoms with Crippen LogP contribution in [0.1, 0.15) is 15.2 Å². The fourth-order valence-electron chi connectivity index (χ4n) is 1.90. The smallest absolute Gasteiger partial charge is 0.253 e. The maximum atomic E-state index is 12.1. The molecule has 25 heavy (non-hydrogen) atoms. The first kappa shape index (κ1) is 18.6. The van der Waals surface area contributed by atoms with Gasteiger partial charge in [0.25, 0.3) is 5.91 Å². The highest BCUT2D eigenvalue weighted by Crippen LogP contribution is 2.15. The number of thiophene rings is 1. The highest BCUT2D eigenvalue weighted by molar-refractivity contribution is 7.80. The molecule has 1 aromatic carbocycles. The Labute approximate surface area is 155 Å². The molecule has 128 valence electrons. The van der Waals surface area contributed by atoms with E-state index in [1.807, 2.05) is 17.5 Å². The van der Waals surface area contributed by atoms with Crippen LogP contribution < -0.4 is 16.0 Å². The number of hydrogen-bond donors (Lipinski definition) is 3. The summed E-state index contributed by atoms with van der Waals surface area (Å²) in [6.45, 7) is 3.92. The SMILES string of the molecule is C=CCNC(=O)c1ccccc1NC(=S)NC(=O)C=Cc1cccs1. The Bertz CT molecular complexity index is 798. The normalized spacial score (nSPS) is 10.2. The van der Waals surface area contributed by atoms with E-state index in [0.29, 0.717) is 17.8 Å². The molecule has 0 saturated carbocycles. The van der Waals surface area contributed by atoms with Gasteiger partial charge in [-0.3, -0.25) is 14.9 Å². The quantitative estimate of drug-likeness (QED) is 0.414. The van der Waals surface area contributed by atoms with E-state index in [0.717, 1.165) is 4.88 Å². The third kappa shape index (κ3) is 5.98. The van der Waals surface area contributed by atoms with E-state index < -0.39 is 0 Å². The highest BCUT2D eigenvalue weighted by atomic mass is 32.1. The first-order valence-electron chi connectivity index (χ1n) is 7.42. The van der Waals surface area contributed by atoms with Crippen LogP contribution in [0.5, 0.6) is 0 Å². The minimum atomic E-state index is -0.348. The Morgan fingerprint density at radius 2 is 2.00 bits per heavy atom. The zero-order valence-corrected chi connectivity index (χ0v) is 15.0. The van der Waals surface area contributed by atoms with Crippen LogP contribution in [-0.4, -0.2) is 23.5 Å². The van der Waals surface area contributed by atoms with Gasteiger partial charge in [0.1, 0.15) is 0 Å². The maximum absolute atomic E-state index is 12.1. The Hall–Kier alpha value is -2.77. The number of nitrogens with one attached hydrogen (secondary N) is 3. The van der Waals surface area contributed by atoms with E-state index in [9.17, 15) is 9.59 Å². The summed E-state index contributed by atoms with van der Waals surface area (Å²) < 4.78 is 0. The Kier molecular flexibility index (Phi) is 7.06. The number of rotatable bonds is 6. The van der Waals surface area contributed by atoms with E-state index in [1.165, 1.54) is 17.4 Å². The number of thiocarbonyl (C=S) groups is 1. The molecule has 1 aromatic heterocycles. The predicted octanol–water partition coefficient (Wildman–Crippen LogP) is 3.19. The fourth-order valence-corrected chi connectivity index (χ4v) is 2.73. The van der Waals surface area contributed by atoms with Gasteiger partial charge in [0, 0.05) is 17.5 Å². The van der Waals surface area contributed by atoms with Gasteiger partial charge < -0.3 is 10.6 Å². The lowest BCUT2D eigenvalue weighted by atomic mass is 10.1. The minimum absolute atomic E-state index is 0.116. The number of benzene rings is 1. The van der Waals surface area contributed by atoms with E-state index in [1.54, 1.807) is 36.4 Å². The lowest BCUT2D eigenvalue weighted by Gasteiger charge is -2.12. The Morgan fingerprint density at radius 1 is 1.20 bits per heavy atom. The molecule has 0 unspecified atom stereocenters. The highest BCUT2D eigenvalue weighted by Gasteiger charge is 2.11. The van der Waals surface area contributed by atoms with Gasteiger partial charge in [-0.1, -0.05) is 24.3 Å². The molecule has 2 rings (SSSR count). The van der Waals surface area contributed by atoms with E-state index in [2.05, 4.69) is 22.5 Å². The number of amides is 2. The van der Waals surface area contributed by atoms with Gasteiger partial charge in [-0.25, -0.2) is 0 Å². The summed E-state index contributed by atoms with van der Waals surface area (Å²) >= 11 is 6.67. The van der Waals surface area contributed by atoms with Crippen LogP contribution in [-0.2, 0) is 4.79 Å². The third-order valence-electron chi connectivity index (χ3n) is 3.01. The largest absolute Gasteiger partial charge is 0.349 e. The number of hydrogen-bond acceptors (Lipinski definition) is 4. The zero-order chi connectivity index (χ0) is 18.1. The average Bonchev–Trinajstić information content (AvgIpc) is 3.12. The standard InChI is InChI=1S/C18H17N3O2S2/c1-2-11-19-17(23)14-7-3-4-8-15(14)20-18(24)21-16(22)10-9-13-6-5-12-25-13/h2-10,12H,1,11H2,(H,19,23)(H2,20,21,22,24). The Balaban J connectivity index is 1.97. The summed E-state index contributed by atoms with van der Waals surface area (Å²) in [5, 5.41) is 10.2. The Morgan fingerprint density at radius 3 is 2.72 bits per heavy atom. The van der Waals surface area contributed by atoms with E-state index in [-0.39, 0.29) is 16.9 Å². The monoisotopic (exact) mass is 371 g/mol. The van der Waals surface area contributed by atoms with E-state index >= 15 is 0 Å². The van der Waals surface area contributed by atoms with Crippen molar-refractivity contribution < 1.29 is 9.59 Å². The molecule has 0 radical (unpaired) electrons. The summed E-state index contributed by atoms with van der Waals surface area (Å²) in [5.41, 5.74) is 0.937. The van der Waals surface area contributed by atoms with E-state index in [4.69, 9.17) is 12.2 Å². The maximum Gasteiger partial charge on any atom is 0.253 e. The topological polar surface area (TPSA) is 70.2 Å². The molecule has 2 amide bonds. The molecule has 0 bridgehead atoms. The van der Waals surface area contributed by atoms with Crippen LogP contribution in [0.25, 0.3) is 6.08 Å². The first-order valence-corrected chi connectivity index (χ1v) is 8.70. The van der Waals surface area contributed by atoms with Crippen LogP contribution in [0.4, 0.5) is 5.69 Å². The van der Waals surface area contributed by atoms with Gasteiger partial charge >= 0.3 is 0 Å². The summed E-state index contributed by atoms with van der Waals surface area (Å²) in [7, 11) is 0. The fraction of sp³-hybridized carbons (Fsp3) is 0.0556. The molecule has 7 heteroatoms. The lowest BCUT2D eigenvalue weighted by molar-refractivity contribution is -0.115. The number of carbonyl (C=O) groups is 2. The molecular weight excluding hydrogens is 354 g/mol. The van der Waals surface area contributed by atoms with Gasteiger partial charge in [0.2, 0.25) is 5.91 Å². The van der Waals surface area contributed by atoms with Gasteiger partial charge in [-0.05, 0) is 41.9 Å². The molecule has 2 aromatic rings. The van der Waals surface area contributed by atoms with Crippen molar-refractivity contribution in [3.8, 4) is 0 Å².